The van der Waals surface area contributed by atoms with Crippen LogP contribution < -0.4 is 0 Å². The van der Waals surface area contributed by atoms with E-state index in [9.17, 15) is 8.42 Å². The summed E-state index contributed by atoms with van der Waals surface area (Å²) in [4.78, 5) is 2.41. The highest BCUT2D eigenvalue weighted by molar-refractivity contribution is 8.06. The van der Waals surface area contributed by atoms with Gasteiger partial charge in [0.15, 0.2) is 0 Å². The fraction of sp³-hybridized carbons (Fsp3) is 0.600. The summed E-state index contributed by atoms with van der Waals surface area (Å²) in [6, 6.07) is 10.3. The standard InChI is InChI=1S/C15H21NO2S2/c17-19-11-12-20(18)15(19)14(13-7-3-1-4-8-13)16-9-5-2-6-10-16/h1,3-4,7-8,14-15H,2,5-6,9-12H2/t14-,15?,19?,20?/m1/s1. The molecule has 3 nitrogen and oxygen atoms in total. The Balaban J connectivity index is 1.94. The first-order chi connectivity index (χ1) is 9.77. The van der Waals surface area contributed by atoms with Crippen molar-refractivity contribution in [2.45, 2.75) is 29.9 Å². The lowest BCUT2D eigenvalue weighted by Crippen LogP contribution is -2.41. The van der Waals surface area contributed by atoms with E-state index in [0.29, 0.717) is 11.5 Å². The summed E-state index contributed by atoms with van der Waals surface area (Å²) in [5.41, 5.74) is 1.17. The minimum absolute atomic E-state index is 0.0562. The maximum Gasteiger partial charge on any atom is 0.129 e. The van der Waals surface area contributed by atoms with E-state index in [1.807, 2.05) is 18.2 Å². The average Bonchev–Trinajstić information content (AvgIpc) is 2.82. The van der Waals surface area contributed by atoms with Gasteiger partial charge >= 0.3 is 0 Å². The zero-order valence-electron chi connectivity index (χ0n) is 11.6. The number of nitrogens with zero attached hydrogens (tertiary/aromatic N) is 1. The zero-order valence-corrected chi connectivity index (χ0v) is 13.2. The summed E-state index contributed by atoms with van der Waals surface area (Å²) in [6.45, 7) is 2.06. The molecule has 110 valence electrons. The third-order valence-electron chi connectivity index (χ3n) is 4.19. The van der Waals surface area contributed by atoms with Gasteiger partial charge in [-0.05, 0) is 31.5 Å². The minimum Gasteiger partial charge on any atom is -0.294 e. The molecule has 0 N–H and O–H groups in total. The van der Waals surface area contributed by atoms with Crippen molar-refractivity contribution < 1.29 is 8.42 Å². The number of hydrogen-bond acceptors (Lipinski definition) is 3. The molecule has 2 aliphatic heterocycles. The van der Waals surface area contributed by atoms with E-state index in [2.05, 4.69) is 17.0 Å². The van der Waals surface area contributed by atoms with E-state index in [1.54, 1.807) is 0 Å². The predicted molar refractivity (Wildman–Crippen MR) is 84.4 cm³/mol. The van der Waals surface area contributed by atoms with Crippen LogP contribution in [-0.2, 0) is 21.6 Å². The molecule has 2 heterocycles. The molecule has 3 atom stereocenters. The Bertz CT molecular complexity index is 484. The lowest BCUT2D eigenvalue weighted by molar-refractivity contribution is 0.172. The number of rotatable bonds is 3. The van der Waals surface area contributed by atoms with Crippen LogP contribution in [0.5, 0.6) is 0 Å². The predicted octanol–water partition coefficient (Wildman–Crippen LogP) is 2.05. The van der Waals surface area contributed by atoms with Crippen LogP contribution in [0.15, 0.2) is 30.3 Å². The molecular weight excluding hydrogens is 290 g/mol. The first-order valence-corrected chi connectivity index (χ1v) is 10.1. The SMILES string of the molecule is O=S1CCS(=O)C1[C@@H](c1ccccc1)N1CCCCC1. The van der Waals surface area contributed by atoms with Crippen molar-refractivity contribution in [2.24, 2.45) is 0 Å². The lowest BCUT2D eigenvalue weighted by Gasteiger charge is -2.37. The molecule has 0 spiro atoms. The van der Waals surface area contributed by atoms with Gasteiger partial charge in [0.25, 0.3) is 0 Å². The van der Waals surface area contributed by atoms with Gasteiger partial charge in [-0.15, -0.1) is 0 Å². The smallest absolute Gasteiger partial charge is 0.129 e. The highest BCUT2D eigenvalue weighted by atomic mass is 32.3. The molecule has 5 heteroatoms. The fourth-order valence-electron chi connectivity index (χ4n) is 3.19. The third kappa shape index (κ3) is 2.90. The summed E-state index contributed by atoms with van der Waals surface area (Å²) in [5, 5.41) is 0. The first kappa shape index (κ1) is 14.4. The van der Waals surface area contributed by atoms with Crippen LogP contribution in [0, 0.1) is 0 Å². The van der Waals surface area contributed by atoms with Gasteiger partial charge < -0.3 is 0 Å². The summed E-state index contributed by atoms with van der Waals surface area (Å²) in [6.07, 6.45) is 3.65. The van der Waals surface area contributed by atoms with Crippen LogP contribution in [0.25, 0.3) is 0 Å². The number of benzene rings is 1. The normalized spacial score (nSPS) is 33.1. The molecule has 3 rings (SSSR count). The van der Waals surface area contributed by atoms with Gasteiger partial charge in [-0.25, -0.2) is 0 Å². The van der Waals surface area contributed by atoms with Crippen LogP contribution in [0.3, 0.4) is 0 Å². The molecule has 20 heavy (non-hydrogen) atoms. The summed E-state index contributed by atoms with van der Waals surface area (Å²) in [5.74, 6) is 1.18. The Morgan fingerprint density at radius 2 is 1.55 bits per heavy atom. The van der Waals surface area contributed by atoms with Crippen LogP contribution in [-0.4, -0.2) is 42.5 Å². The number of likely N-dealkylation sites (tertiary alicyclic amines) is 1. The van der Waals surface area contributed by atoms with Crippen LogP contribution in [0.1, 0.15) is 30.9 Å². The average molecular weight is 311 g/mol. The van der Waals surface area contributed by atoms with Gasteiger partial charge in [-0.2, -0.15) is 0 Å². The lowest BCUT2D eigenvalue weighted by atomic mass is 10.0. The van der Waals surface area contributed by atoms with E-state index < -0.39 is 21.6 Å². The first-order valence-electron chi connectivity index (χ1n) is 7.31. The highest BCUT2D eigenvalue weighted by Gasteiger charge is 2.41. The van der Waals surface area contributed by atoms with Gasteiger partial charge in [0, 0.05) is 33.1 Å². The molecule has 2 fully saturated rings. The van der Waals surface area contributed by atoms with Crippen LogP contribution in [0.2, 0.25) is 0 Å². The van der Waals surface area contributed by atoms with E-state index in [0.717, 1.165) is 13.1 Å². The van der Waals surface area contributed by atoms with Crippen molar-refractivity contribution in [3.05, 3.63) is 35.9 Å². The molecule has 0 aromatic heterocycles. The quantitative estimate of drug-likeness (QED) is 0.857. The van der Waals surface area contributed by atoms with Crippen molar-refractivity contribution in [1.29, 1.82) is 0 Å². The van der Waals surface area contributed by atoms with Gasteiger partial charge in [0.1, 0.15) is 4.58 Å². The van der Waals surface area contributed by atoms with E-state index in [4.69, 9.17) is 0 Å². The van der Waals surface area contributed by atoms with Gasteiger partial charge in [0.05, 0.1) is 6.04 Å². The maximum atomic E-state index is 12.3. The third-order valence-corrected chi connectivity index (χ3v) is 8.50. The van der Waals surface area contributed by atoms with Crippen molar-refractivity contribution in [1.82, 2.24) is 4.90 Å². The fourth-order valence-corrected chi connectivity index (χ4v) is 7.74. The van der Waals surface area contributed by atoms with Crippen LogP contribution in [0.4, 0.5) is 0 Å². The van der Waals surface area contributed by atoms with E-state index in [-0.39, 0.29) is 10.6 Å². The zero-order chi connectivity index (χ0) is 13.9. The summed E-state index contributed by atoms with van der Waals surface area (Å²) >= 11 is 0. The Hall–Kier alpha value is -0.520. The van der Waals surface area contributed by atoms with Gasteiger partial charge in [0.2, 0.25) is 0 Å². The van der Waals surface area contributed by atoms with Gasteiger partial charge in [-0.3, -0.25) is 13.3 Å². The van der Waals surface area contributed by atoms with Crippen molar-refractivity contribution >= 4 is 21.6 Å². The van der Waals surface area contributed by atoms with Gasteiger partial charge in [-0.1, -0.05) is 36.8 Å². The topological polar surface area (TPSA) is 37.4 Å². The molecule has 0 amide bonds. The molecule has 0 saturated carbocycles. The summed E-state index contributed by atoms with van der Waals surface area (Å²) < 4.78 is 24.5. The molecule has 0 radical (unpaired) electrons. The second-order valence-electron chi connectivity index (χ2n) is 5.49. The Kier molecular flexibility index (Phi) is 4.68. The second-order valence-corrected chi connectivity index (χ2v) is 9.14. The molecule has 1 aromatic carbocycles. The Morgan fingerprint density at radius 3 is 2.15 bits per heavy atom. The molecule has 1 aromatic rings. The van der Waals surface area contributed by atoms with E-state index in [1.165, 1.54) is 24.8 Å². The molecule has 0 aliphatic carbocycles. The second kappa shape index (κ2) is 6.50. The van der Waals surface area contributed by atoms with Crippen molar-refractivity contribution in [3.8, 4) is 0 Å². The van der Waals surface area contributed by atoms with E-state index >= 15 is 0 Å². The van der Waals surface area contributed by atoms with Crippen molar-refractivity contribution in [2.75, 3.05) is 24.6 Å². The van der Waals surface area contributed by atoms with Crippen LogP contribution >= 0.6 is 0 Å². The maximum absolute atomic E-state index is 12.3. The molecule has 2 unspecified atom stereocenters. The number of piperidine rings is 1. The Labute approximate surface area is 125 Å². The number of hydrogen-bond donors (Lipinski definition) is 0. The summed E-state index contributed by atoms with van der Waals surface area (Å²) in [7, 11) is -1.93. The molecule has 2 aliphatic rings. The largest absolute Gasteiger partial charge is 0.294 e. The Morgan fingerprint density at radius 1 is 0.950 bits per heavy atom. The molecular formula is C15H21NO2S2. The minimum atomic E-state index is -0.965. The molecule has 0 bridgehead atoms. The monoisotopic (exact) mass is 311 g/mol. The molecule has 2 saturated heterocycles. The van der Waals surface area contributed by atoms with Crippen molar-refractivity contribution in [3.63, 3.8) is 0 Å². The highest BCUT2D eigenvalue weighted by Crippen LogP contribution is 2.34.